The minimum Gasteiger partial charge on any atom is -0.390 e. The highest BCUT2D eigenvalue weighted by atomic mass is 16.3. The average molecular weight is 230 g/mol. The van der Waals surface area contributed by atoms with Crippen molar-refractivity contribution in [1.82, 2.24) is 10.2 Å². The van der Waals surface area contributed by atoms with Crippen LogP contribution in [0.1, 0.15) is 41.0 Å². The molecule has 1 atom stereocenters. The fourth-order valence-electron chi connectivity index (χ4n) is 1.42. The molecule has 3 nitrogen and oxygen atoms in total. The topological polar surface area (TPSA) is 35.5 Å². The molecule has 1 unspecified atom stereocenters. The first-order valence-electron chi connectivity index (χ1n) is 6.32. The van der Waals surface area contributed by atoms with E-state index in [4.69, 9.17) is 0 Å². The fourth-order valence-corrected chi connectivity index (χ4v) is 1.42. The van der Waals surface area contributed by atoms with Gasteiger partial charge >= 0.3 is 0 Å². The van der Waals surface area contributed by atoms with Gasteiger partial charge in [-0.15, -0.1) is 0 Å². The van der Waals surface area contributed by atoms with Crippen molar-refractivity contribution in [1.29, 1.82) is 0 Å². The van der Waals surface area contributed by atoms with E-state index in [-0.39, 0.29) is 11.6 Å². The number of hydrogen-bond acceptors (Lipinski definition) is 3. The summed E-state index contributed by atoms with van der Waals surface area (Å²) in [6, 6.07) is 0. The number of hydrogen-bond donors (Lipinski definition) is 2. The molecule has 0 fully saturated rings. The molecule has 0 aliphatic heterocycles. The lowest BCUT2D eigenvalue weighted by Gasteiger charge is -2.25. The van der Waals surface area contributed by atoms with E-state index in [1.165, 1.54) is 6.42 Å². The van der Waals surface area contributed by atoms with E-state index < -0.39 is 0 Å². The van der Waals surface area contributed by atoms with Gasteiger partial charge in [0.25, 0.3) is 0 Å². The monoisotopic (exact) mass is 230 g/mol. The van der Waals surface area contributed by atoms with Gasteiger partial charge < -0.3 is 15.3 Å². The Morgan fingerprint density at radius 1 is 1.25 bits per heavy atom. The molecule has 0 saturated carbocycles. The second kappa shape index (κ2) is 7.25. The quantitative estimate of drug-likeness (QED) is 0.699. The molecule has 0 radical (unpaired) electrons. The summed E-state index contributed by atoms with van der Waals surface area (Å²) in [5.41, 5.74) is 0.0808. The van der Waals surface area contributed by atoms with Crippen molar-refractivity contribution in [3.05, 3.63) is 0 Å². The van der Waals surface area contributed by atoms with Crippen LogP contribution in [0.3, 0.4) is 0 Å². The zero-order valence-corrected chi connectivity index (χ0v) is 11.9. The molecular formula is C13H30N2O. The molecule has 0 spiro atoms. The zero-order valence-electron chi connectivity index (χ0n) is 11.9. The number of aliphatic hydroxyl groups is 1. The van der Waals surface area contributed by atoms with Crippen molar-refractivity contribution >= 4 is 0 Å². The summed E-state index contributed by atoms with van der Waals surface area (Å²) in [6.45, 7) is 13.3. The summed E-state index contributed by atoms with van der Waals surface area (Å²) >= 11 is 0. The van der Waals surface area contributed by atoms with Crippen LogP contribution < -0.4 is 5.32 Å². The number of likely N-dealkylation sites (N-methyl/N-ethyl adjacent to an activating group) is 1. The molecule has 0 rings (SSSR count). The van der Waals surface area contributed by atoms with Crippen LogP contribution >= 0.6 is 0 Å². The van der Waals surface area contributed by atoms with Crippen molar-refractivity contribution in [3.8, 4) is 0 Å². The summed E-state index contributed by atoms with van der Waals surface area (Å²) in [5.74, 6) is 0.729. The van der Waals surface area contributed by atoms with Gasteiger partial charge in [-0.1, -0.05) is 13.8 Å². The highest BCUT2D eigenvalue weighted by Crippen LogP contribution is 2.02. The van der Waals surface area contributed by atoms with Crippen LogP contribution in [-0.4, -0.2) is 48.3 Å². The Kier molecular flexibility index (Phi) is 7.20. The van der Waals surface area contributed by atoms with Gasteiger partial charge in [-0.25, -0.2) is 0 Å². The van der Waals surface area contributed by atoms with Gasteiger partial charge in [0.1, 0.15) is 0 Å². The van der Waals surface area contributed by atoms with E-state index in [1.807, 2.05) is 0 Å². The van der Waals surface area contributed by atoms with Gasteiger partial charge in [-0.2, -0.15) is 0 Å². The minimum atomic E-state index is -0.281. The van der Waals surface area contributed by atoms with Gasteiger partial charge in [-0.05, 0) is 46.7 Å². The molecule has 2 N–H and O–H groups in total. The minimum absolute atomic E-state index is 0.0808. The first-order chi connectivity index (χ1) is 7.20. The Balaban J connectivity index is 3.66. The van der Waals surface area contributed by atoms with Crippen molar-refractivity contribution in [2.75, 3.05) is 26.7 Å². The summed E-state index contributed by atoms with van der Waals surface area (Å²) in [4.78, 5) is 2.20. The third-order valence-electron chi connectivity index (χ3n) is 2.48. The first kappa shape index (κ1) is 15.9. The van der Waals surface area contributed by atoms with Crippen molar-refractivity contribution < 1.29 is 5.11 Å². The van der Waals surface area contributed by atoms with Crippen LogP contribution in [0.4, 0.5) is 0 Å². The van der Waals surface area contributed by atoms with Gasteiger partial charge in [0, 0.05) is 18.6 Å². The van der Waals surface area contributed by atoms with Crippen molar-refractivity contribution in [2.45, 2.75) is 52.7 Å². The second-order valence-corrected chi connectivity index (χ2v) is 6.23. The molecule has 0 heterocycles. The Morgan fingerprint density at radius 2 is 1.81 bits per heavy atom. The zero-order chi connectivity index (χ0) is 12.8. The summed E-state index contributed by atoms with van der Waals surface area (Å²) in [6.07, 6.45) is 0.909. The Bertz CT molecular complexity index is 175. The standard InChI is InChI=1S/C13H30N2O/c1-11(2)7-8-15(6)10-12(16)9-14-13(3,4)5/h11-12,14,16H,7-10H2,1-6H3. The van der Waals surface area contributed by atoms with Crippen molar-refractivity contribution in [3.63, 3.8) is 0 Å². The molecule has 98 valence electrons. The second-order valence-electron chi connectivity index (χ2n) is 6.23. The number of rotatable bonds is 7. The Labute approximate surface area is 101 Å². The normalized spacial score (nSPS) is 14.8. The highest BCUT2D eigenvalue weighted by molar-refractivity contribution is 4.74. The van der Waals surface area contributed by atoms with Crippen LogP contribution in [0.2, 0.25) is 0 Å². The van der Waals surface area contributed by atoms with Gasteiger partial charge in [-0.3, -0.25) is 0 Å². The lowest BCUT2D eigenvalue weighted by molar-refractivity contribution is 0.115. The van der Waals surface area contributed by atoms with Crippen LogP contribution in [0.5, 0.6) is 0 Å². The number of nitrogens with zero attached hydrogens (tertiary/aromatic N) is 1. The SMILES string of the molecule is CC(C)CCN(C)CC(O)CNC(C)(C)C. The van der Waals surface area contributed by atoms with Crippen LogP contribution in [0.25, 0.3) is 0 Å². The summed E-state index contributed by atoms with van der Waals surface area (Å²) < 4.78 is 0. The number of aliphatic hydroxyl groups excluding tert-OH is 1. The molecule has 3 heteroatoms. The molecule has 0 aliphatic rings. The predicted molar refractivity (Wildman–Crippen MR) is 70.7 cm³/mol. The molecule has 0 aromatic rings. The lowest BCUT2D eigenvalue weighted by atomic mass is 10.1. The molecule has 0 aliphatic carbocycles. The fraction of sp³-hybridized carbons (Fsp3) is 1.00. The van der Waals surface area contributed by atoms with E-state index in [9.17, 15) is 5.11 Å². The van der Waals surface area contributed by atoms with Crippen LogP contribution in [-0.2, 0) is 0 Å². The summed E-state index contributed by atoms with van der Waals surface area (Å²) in [7, 11) is 2.07. The maximum Gasteiger partial charge on any atom is 0.0791 e. The van der Waals surface area contributed by atoms with E-state index >= 15 is 0 Å². The van der Waals surface area contributed by atoms with Crippen LogP contribution in [0.15, 0.2) is 0 Å². The third kappa shape index (κ3) is 10.4. The van der Waals surface area contributed by atoms with E-state index in [1.54, 1.807) is 0 Å². The first-order valence-corrected chi connectivity index (χ1v) is 6.32. The third-order valence-corrected chi connectivity index (χ3v) is 2.48. The van der Waals surface area contributed by atoms with E-state index in [2.05, 4.69) is 51.9 Å². The highest BCUT2D eigenvalue weighted by Gasteiger charge is 2.13. The largest absolute Gasteiger partial charge is 0.390 e. The maximum absolute atomic E-state index is 9.84. The molecule has 0 saturated heterocycles. The van der Waals surface area contributed by atoms with Crippen molar-refractivity contribution in [2.24, 2.45) is 5.92 Å². The van der Waals surface area contributed by atoms with Gasteiger partial charge in [0.05, 0.1) is 6.10 Å². The Morgan fingerprint density at radius 3 is 2.25 bits per heavy atom. The predicted octanol–water partition coefficient (Wildman–Crippen LogP) is 1.71. The number of nitrogens with one attached hydrogen (secondary N) is 1. The molecule has 0 aromatic carbocycles. The van der Waals surface area contributed by atoms with E-state index in [0.29, 0.717) is 6.54 Å². The molecular weight excluding hydrogens is 200 g/mol. The smallest absolute Gasteiger partial charge is 0.0791 e. The van der Waals surface area contributed by atoms with Crippen LogP contribution in [0, 0.1) is 5.92 Å². The number of β-amino-alcohol motifs (C(OH)–C–C–N with tert-alkyl or cyclic N) is 1. The summed E-state index contributed by atoms with van der Waals surface area (Å²) in [5, 5.41) is 13.2. The van der Waals surface area contributed by atoms with E-state index in [0.717, 1.165) is 19.0 Å². The molecule has 0 aromatic heterocycles. The molecule has 0 amide bonds. The lowest BCUT2D eigenvalue weighted by Crippen LogP contribution is -2.44. The van der Waals surface area contributed by atoms with Gasteiger partial charge in [0.2, 0.25) is 0 Å². The molecule has 0 bridgehead atoms. The average Bonchev–Trinajstić information content (AvgIpc) is 2.10. The van der Waals surface area contributed by atoms with Gasteiger partial charge in [0.15, 0.2) is 0 Å². The maximum atomic E-state index is 9.84. The Hall–Kier alpha value is -0.120. The molecule has 16 heavy (non-hydrogen) atoms.